The number of nitrogens with two attached hydrogens (primary N) is 1. The van der Waals surface area contributed by atoms with Crippen molar-refractivity contribution in [1.82, 2.24) is 4.90 Å². The van der Waals surface area contributed by atoms with E-state index in [1.165, 1.54) is 17.5 Å². The summed E-state index contributed by atoms with van der Waals surface area (Å²) < 4.78 is 5.86. The molecule has 118 valence electrons. The lowest BCUT2D eigenvalue weighted by molar-refractivity contribution is 0.143. The Labute approximate surface area is 129 Å². The van der Waals surface area contributed by atoms with Crippen LogP contribution in [0.5, 0.6) is 5.75 Å². The maximum absolute atomic E-state index is 6.16. The van der Waals surface area contributed by atoms with Crippen LogP contribution < -0.4 is 10.5 Å². The third kappa shape index (κ3) is 4.72. The van der Waals surface area contributed by atoms with Crippen molar-refractivity contribution in [2.75, 3.05) is 26.2 Å². The molecule has 1 aromatic carbocycles. The monoisotopic (exact) mass is 290 g/mol. The van der Waals surface area contributed by atoms with Crippen LogP contribution in [-0.2, 0) is 0 Å². The lowest BCUT2D eigenvalue weighted by atomic mass is 9.91. The second-order valence-electron chi connectivity index (χ2n) is 6.37. The van der Waals surface area contributed by atoms with Crippen molar-refractivity contribution in [3.8, 4) is 5.75 Å². The molecule has 1 aliphatic rings. The van der Waals surface area contributed by atoms with Gasteiger partial charge in [-0.2, -0.15) is 0 Å². The number of piperidine rings is 1. The van der Waals surface area contributed by atoms with Crippen LogP contribution in [0.15, 0.2) is 18.2 Å². The SMILES string of the molecule is CCC1CN(CCCOc2ccc(C)c(C)c2)CCC1N. The van der Waals surface area contributed by atoms with E-state index < -0.39 is 0 Å². The van der Waals surface area contributed by atoms with Crippen LogP contribution >= 0.6 is 0 Å². The summed E-state index contributed by atoms with van der Waals surface area (Å²) in [5.41, 5.74) is 8.77. The van der Waals surface area contributed by atoms with Gasteiger partial charge in [0.2, 0.25) is 0 Å². The van der Waals surface area contributed by atoms with Gasteiger partial charge in [0.25, 0.3) is 0 Å². The van der Waals surface area contributed by atoms with Crippen LogP contribution in [-0.4, -0.2) is 37.2 Å². The number of ether oxygens (including phenoxy) is 1. The van der Waals surface area contributed by atoms with Crippen LogP contribution in [0.25, 0.3) is 0 Å². The van der Waals surface area contributed by atoms with Crippen molar-refractivity contribution in [3.63, 3.8) is 0 Å². The lowest BCUT2D eigenvalue weighted by Gasteiger charge is -2.36. The van der Waals surface area contributed by atoms with Crippen LogP contribution in [0.1, 0.15) is 37.3 Å². The minimum atomic E-state index is 0.401. The molecule has 3 nitrogen and oxygen atoms in total. The van der Waals surface area contributed by atoms with Crippen molar-refractivity contribution < 1.29 is 4.74 Å². The van der Waals surface area contributed by atoms with E-state index in [-0.39, 0.29) is 0 Å². The quantitative estimate of drug-likeness (QED) is 0.818. The minimum Gasteiger partial charge on any atom is -0.494 e. The van der Waals surface area contributed by atoms with E-state index in [4.69, 9.17) is 10.5 Å². The Bertz CT molecular complexity index is 447. The highest BCUT2D eigenvalue weighted by Gasteiger charge is 2.24. The summed E-state index contributed by atoms with van der Waals surface area (Å²) >= 11 is 0. The van der Waals surface area contributed by atoms with Gasteiger partial charge in [-0.1, -0.05) is 19.4 Å². The Morgan fingerprint density at radius 3 is 2.81 bits per heavy atom. The fourth-order valence-electron chi connectivity index (χ4n) is 3.04. The zero-order valence-electron chi connectivity index (χ0n) is 13.8. The Kier molecular flexibility index (Phi) is 6.07. The molecule has 0 aromatic heterocycles. The summed E-state index contributed by atoms with van der Waals surface area (Å²) in [5, 5.41) is 0. The first kappa shape index (κ1) is 16.3. The molecule has 0 bridgehead atoms. The number of nitrogens with zero attached hydrogens (tertiary/aromatic N) is 1. The van der Waals surface area contributed by atoms with Crippen LogP contribution in [0.4, 0.5) is 0 Å². The molecule has 1 heterocycles. The average molecular weight is 290 g/mol. The first-order chi connectivity index (χ1) is 10.1. The van der Waals surface area contributed by atoms with Gasteiger partial charge < -0.3 is 15.4 Å². The van der Waals surface area contributed by atoms with Gasteiger partial charge in [0, 0.05) is 19.1 Å². The first-order valence-corrected chi connectivity index (χ1v) is 8.28. The Hall–Kier alpha value is -1.06. The molecule has 2 unspecified atom stereocenters. The second-order valence-corrected chi connectivity index (χ2v) is 6.37. The number of likely N-dealkylation sites (tertiary alicyclic amines) is 1. The highest BCUT2D eigenvalue weighted by Crippen LogP contribution is 2.19. The molecule has 21 heavy (non-hydrogen) atoms. The van der Waals surface area contributed by atoms with Gasteiger partial charge in [-0.15, -0.1) is 0 Å². The number of benzene rings is 1. The molecule has 0 aliphatic carbocycles. The van der Waals surface area contributed by atoms with Crippen molar-refractivity contribution in [2.24, 2.45) is 11.7 Å². The third-order valence-corrected chi connectivity index (χ3v) is 4.77. The van der Waals surface area contributed by atoms with Gasteiger partial charge in [0.15, 0.2) is 0 Å². The molecule has 1 aliphatic heterocycles. The standard InChI is InChI=1S/C18H30N2O/c1-4-16-13-20(10-8-18(16)19)9-5-11-21-17-7-6-14(2)15(3)12-17/h6-7,12,16,18H,4-5,8-11,13,19H2,1-3H3. The number of hydrogen-bond acceptors (Lipinski definition) is 3. The summed E-state index contributed by atoms with van der Waals surface area (Å²) in [5.74, 6) is 1.66. The number of rotatable bonds is 6. The summed E-state index contributed by atoms with van der Waals surface area (Å²) in [6.07, 6.45) is 3.41. The number of aryl methyl sites for hydroxylation is 2. The van der Waals surface area contributed by atoms with Crippen LogP contribution in [0.3, 0.4) is 0 Å². The molecule has 1 saturated heterocycles. The fourth-order valence-corrected chi connectivity index (χ4v) is 3.04. The van der Waals surface area contributed by atoms with Crippen LogP contribution in [0, 0.1) is 19.8 Å². The van der Waals surface area contributed by atoms with Crippen LogP contribution in [0.2, 0.25) is 0 Å². The van der Waals surface area contributed by atoms with Gasteiger partial charge in [-0.25, -0.2) is 0 Å². The predicted molar refractivity (Wildman–Crippen MR) is 88.8 cm³/mol. The third-order valence-electron chi connectivity index (χ3n) is 4.77. The topological polar surface area (TPSA) is 38.5 Å². The van der Waals surface area contributed by atoms with Crippen molar-refractivity contribution in [1.29, 1.82) is 0 Å². The summed E-state index contributed by atoms with van der Waals surface area (Å²) in [6.45, 7) is 10.7. The molecule has 2 rings (SSSR count). The molecular weight excluding hydrogens is 260 g/mol. The molecule has 1 aromatic rings. The van der Waals surface area contributed by atoms with Gasteiger partial charge in [0.1, 0.15) is 5.75 Å². The van der Waals surface area contributed by atoms with Crippen molar-refractivity contribution in [3.05, 3.63) is 29.3 Å². The Balaban J connectivity index is 1.68. The normalized spacial score (nSPS) is 23.2. The maximum atomic E-state index is 6.16. The van der Waals surface area contributed by atoms with E-state index in [1.807, 2.05) is 0 Å². The molecule has 1 fully saturated rings. The van der Waals surface area contributed by atoms with E-state index in [0.717, 1.165) is 44.8 Å². The number of hydrogen-bond donors (Lipinski definition) is 1. The van der Waals surface area contributed by atoms with Gasteiger partial charge in [-0.05, 0) is 62.4 Å². The zero-order valence-corrected chi connectivity index (χ0v) is 13.8. The molecule has 0 saturated carbocycles. The highest BCUT2D eigenvalue weighted by atomic mass is 16.5. The fraction of sp³-hybridized carbons (Fsp3) is 0.667. The first-order valence-electron chi connectivity index (χ1n) is 8.28. The maximum Gasteiger partial charge on any atom is 0.119 e. The van der Waals surface area contributed by atoms with Gasteiger partial charge in [0.05, 0.1) is 6.61 Å². The van der Waals surface area contributed by atoms with Gasteiger partial charge >= 0.3 is 0 Å². The minimum absolute atomic E-state index is 0.401. The van der Waals surface area contributed by atoms with Gasteiger partial charge in [-0.3, -0.25) is 0 Å². The second kappa shape index (κ2) is 7.81. The van der Waals surface area contributed by atoms with E-state index in [2.05, 4.69) is 43.9 Å². The summed E-state index contributed by atoms with van der Waals surface area (Å²) in [6, 6.07) is 6.72. The molecule has 0 spiro atoms. The smallest absolute Gasteiger partial charge is 0.119 e. The summed E-state index contributed by atoms with van der Waals surface area (Å²) in [4.78, 5) is 2.54. The largest absolute Gasteiger partial charge is 0.494 e. The molecule has 3 heteroatoms. The van der Waals surface area contributed by atoms with E-state index in [1.54, 1.807) is 0 Å². The molecule has 2 atom stereocenters. The van der Waals surface area contributed by atoms with E-state index >= 15 is 0 Å². The molecule has 0 amide bonds. The lowest BCUT2D eigenvalue weighted by Crippen LogP contribution is -2.47. The van der Waals surface area contributed by atoms with Crippen molar-refractivity contribution in [2.45, 2.75) is 46.1 Å². The van der Waals surface area contributed by atoms with E-state index in [9.17, 15) is 0 Å². The Morgan fingerprint density at radius 2 is 2.10 bits per heavy atom. The predicted octanol–water partition coefficient (Wildman–Crippen LogP) is 3.13. The van der Waals surface area contributed by atoms with Crippen molar-refractivity contribution >= 4 is 0 Å². The summed E-state index contributed by atoms with van der Waals surface area (Å²) in [7, 11) is 0. The molecular formula is C18H30N2O. The Morgan fingerprint density at radius 1 is 1.29 bits per heavy atom. The highest BCUT2D eigenvalue weighted by molar-refractivity contribution is 5.33. The molecule has 0 radical (unpaired) electrons. The van der Waals surface area contributed by atoms with E-state index in [0.29, 0.717) is 12.0 Å². The molecule has 2 N–H and O–H groups in total. The average Bonchev–Trinajstić information content (AvgIpc) is 2.48. The zero-order chi connectivity index (χ0) is 15.2.